The Balaban J connectivity index is 1.90. The van der Waals surface area contributed by atoms with Gasteiger partial charge < -0.3 is 16.2 Å². The number of phenols is 1. The number of carbonyl (C=O) groups excluding carboxylic acids is 2. The van der Waals surface area contributed by atoms with Crippen LogP contribution in [-0.4, -0.2) is 27.3 Å². The number of carbonyl (C=O) groups is 2. The normalized spacial score (nSPS) is 18.6. The Hall–Kier alpha value is -2.02. The van der Waals surface area contributed by atoms with Crippen molar-refractivity contribution in [2.75, 3.05) is 5.32 Å². The fourth-order valence-electron chi connectivity index (χ4n) is 1.46. The van der Waals surface area contributed by atoms with Crippen LogP contribution in [0.1, 0.15) is 6.42 Å². The number of hydrogen-bond acceptors (Lipinski definition) is 5. The van der Waals surface area contributed by atoms with E-state index in [1.54, 1.807) is 12.1 Å². The maximum atomic E-state index is 11.7. The molecule has 2 amide bonds. The van der Waals surface area contributed by atoms with Crippen LogP contribution < -0.4 is 11.1 Å². The Morgan fingerprint density at radius 1 is 1.44 bits per heavy atom. The molecule has 94 valence electrons. The van der Waals surface area contributed by atoms with E-state index in [1.807, 2.05) is 0 Å². The zero-order chi connectivity index (χ0) is 13.1. The van der Waals surface area contributed by atoms with Crippen LogP contribution >= 0.6 is 11.8 Å². The second kappa shape index (κ2) is 5.09. The van der Waals surface area contributed by atoms with Gasteiger partial charge in [0.2, 0.25) is 5.91 Å². The van der Waals surface area contributed by atoms with Gasteiger partial charge in [-0.3, -0.25) is 9.59 Å². The molecule has 18 heavy (non-hydrogen) atoms. The van der Waals surface area contributed by atoms with Gasteiger partial charge in [-0.15, -0.1) is 0 Å². The Morgan fingerprint density at radius 2 is 2.11 bits per heavy atom. The quantitative estimate of drug-likeness (QED) is 0.697. The smallest absolute Gasteiger partial charge is 0.262 e. The molecule has 0 bridgehead atoms. The molecule has 2 rings (SSSR count). The number of nitrogens with two attached hydrogens (primary N) is 1. The molecule has 1 heterocycles. The number of phenolic OH excluding ortho intramolecular Hbond substituents is 1. The number of rotatable bonds is 3. The number of nitrogens with zero attached hydrogens (tertiary/aromatic N) is 1. The molecule has 0 saturated carbocycles. The molecule has 1 aromatic carbocycles. The molecule has 4 N–H and O–H groups in total. The molecule has 1 aliphatic heterocycles. The van der Waals surface area contributed by atoms with Crippen LogP contribution in [0.5, 0.6) is 5.75 Å². The van der Waals surface area contributed by atoms with E-state index in [9.17, 15) is 9.59 Å². The highest BCUT2D eigenvalue weighted by atomic mass is 32.2. The maximum absolute atomic E-state index is 11.7. The van der Waals surface area contributed by atoms with Gasteiger partial charge >= 0.3 is 0 Å². The van der Waals surface area contributed by atoms with E-state index in [2.05, 4.69) is 10.3 Å². The summed E-state index contributed by atoms with van der Waals surface area (Å²) in [6, 6.07) is 6.07. The average molecular weight is 265 g/mol. The number of benzene rings is 1. The largest absolute Gasteiger partial charge is 0.508 e. The van der Waals surface area contributed by atoms with Gasteiger partial charge in [-0.1, -0.05) is 11.8 Å². The first-order valence-corrected chi connectivity index (χ1v) is 6.06. The van der Waals surface area contributed by atoms with Crippen LogP contribution in [0.2, 0.25) is 0 Å². The Labute approximate surface area is 107 Å². The maximum Gasteiger partial charge on any atom is 0.262 e. The van der Waals surface area contributed by atoms with Crippen LogP contribution in [0.15, 0.2) is 29.3 Å². The summed E-state index contributed by atoms with van der Waals surface area (Å²) >= 11 is 1.09. The average Bonchev–Trinajstić information content (AvgIpc) is 2.61. The third-order valence-corrected chi connectivity index (χ3v) is 3.27. The van der Waals surface area contributed by atoms with Crippen molar-refractivity contribution < 1.29 is 14.7 Å². The van der Waals surface area contributed by atoms with Crippen molar-refractivity contribution in [1.29, 1.82) is 0 Å². The summed E-state index contributed by atoms with van der Waals surface area (Å²) in [4.78, 5) is 26.5. The van der Waals surface area contributed by atoms with Crippen molar-refractivity contribution in [2.24, 2.45) is 10.7 Å². The predicted molar refractivity (Wildman–Crippen MR) is 69.4 cm³/mol. The number of nitrogens with one attached hydrogen (secondary N) is 1. The van der Waals surface area contributed by atoms with Crippen molar-refractivity contribution in [3.63, 3.8) is 0 Å². The van der Waals surface area contributed by atoms with Gasteiger partial charge in [-0.05, 0) is 24.3 Å². The zero-order valence-corrected chi connectivity index (χ0v) is 10.1. The third-order valence-electron chi connectivity index (χ3n) is 2.28. The van der Waals surface area contributed by atoms with E-state index in [0.717, 1.165) is 11.8 Å². The van der Waals surface area contributed by atoms with Crippen molar-refractivity contribution in [3.05, 3.63) is 24.3 Å². The van der Waals surface area contributed by atoms with Gasteiger partial charge in [0.1, 0.15) is 11.0 Å². The van der Waals surface area contributed by atoms with Gasteiger partial charge in [-0.25, -0.2) is 0 Å². The van der Waals surface area contributed by atoms with Crippen molar-refractivity contribution in [2.45, 2.75) is 11.7 Å². The van der Waals surface area contributed by atoms with Crippen molar-refractivity contribution in [1.82, 2.24) is 0 Å². The monoisotopic (exact) mass is 265 g/mol. The van der Waals surface area contributed by atoms with E-state index in [4.69, 9.17) is 10.8 Å². The zero-order valence-electron chi connectivity index (χ0n) is 9.29. The highest BCUT2D eigenvalue weighted by molar-refractivity contribution is 8.15. The molecular weight excluding hydrogens is 254 g/mol. The number of amidine groups is 1. The van der Waals surface area contributed by atoms with Crippen LogP contribution in [0.4, 0.5) is 5.69 Å². The van der Waals surface area contributed by atoms with E-state index in [-0.39, 0.29) is 29.2 Å². The fraction of sp³-hybridized carbons (Fsp3) is 0.182. The molecule has 0 unspecified atom stereocenters. The number of hydrogen-bond donors (Lipinski definition) is 3. The summed E-state index contributed by atoms with van der Waals surface area (Å²) in [5, 5.41) is 11.4. The standard InChI is InChI=1S/C11H11N3O3S/c12-11-14-10(17)8(18-11)5-9(16)13-6-1-3-7(15)4-2-6/h1-4,8,15H,5H2,(H,13,16)(H2,12,14,17)/t8-/m1/s1. The number of amides is 2. The molecule has 7 heteroatoms. The summed E-state index contributed by atoms with van der Waals surface area (Å²) in [5.41, 5.74) is 5.95. The van der Waals surface area contributed by atoms with Crippen LogP contribution in [0, 0.1) is 0 Å². The van der Waals surface area contributed by atoms with Crippen molar-refractivity contribution in [3.8, 4) is 5.75 Å². The Kier molecular flexibility index (Phi) is 3.52. The lowest BCUT2D eigenvalue weighted by molar-refractivity contribution is -0.121. The summed E-state index contributed by atoms with van der Waals surface area (Å²) in [7, 11) is 0. The molecule has 1 aliphatic rings. The Bertz CT molecular complexity index is 513. The SMILES string of the molecule is NC1=NC(=O)[C@@H](CC(=O)Nc2ccc(O)cc2)S1. The summed E-state index contributed by atoms with van der Waals surface area (Å²) < 4.78 is 0. The van der Waals surface area contributed by atoms with E-state index >= 15 is 0 Å². The molecule has 1 atom stereocenters. The number of thioether (sulfide) groups is 1. The first kappa shape index (κ1) is 12.4. The summed E-state index contributed by atoms with van der Waals surface area (Å²) in [6.07, 6.45) is 0.0224. The summed E-state index contributed by atoms with van der Waals surface area (Å²) in [5.74, 6) is -0.550. The van der Waals surface area contributed by atoms with Gasteiger partial charge in [0.25, 0.3) is 5.91 Å². The number of aromatic hydroxyl groups is 1. The number of aliphatic imine (C=N–C) groups is 1. The molecule has 0 radical (unpaired) electrons. The van der Waals surface area contributed by atoms with Gasteiger partial charge in [0.05, 0.1) is 0 Å². The first-order chi connectivity index (χ1) is 8.54. The second-order valence-corrected chi connectivity index (χ2v) is 4.92. The second-order valence-electron chi connectivity index (χ2n) is 3.69. The minimum absolute atomic E-state index is 0.0224. The fourth-order valence-corrected chi connectivity index (χ4v) is 2.28. The molecule has 0 aromatic heterocycles. The molecule has 1 aromatic rings. The van der Waals surface area contributed by atoms with E-state index in [0.29, 0.717) is 5.69 Å². The molecular formula is C11H11N3O3S. The molecule has 0 aliphatic carbocycles. The minimum Gasteiger partial charge on any atom is -0.508 e. The lowest BCUT2D eigenvalue weighted by Gasteiger charge is -2.07. The van der Waals surface area contributed by atoms with E-state index in [1.165, 1.54) is 12.1 Å². The third kappa shape index (κ3) is 3.01. The van der Waals surface area contributed by atoms with Gasteiger partial charge in [-0.2, -0.15) is 4.99 Å². The highest BCUT2D eigenvalue weighted by Gasteiger charge is 2.29. The molecule has 0 saturated heterocycles. The summed E-state index contributed by atoms with van der Waals surface area (Å²) in [6.45, 7) is 0. The topological polar surface area (TPSA) is 105 Å². The molecule has 0 fully saturated rings. The van der Waals surface area contributed by atoms with Crippen molar-refractivity contribution >= 4 is 34.4 Å². The van der Waals surface area contributed by atoms with Crippen LogP contribution in [0.25, 0.3) is 0 Å². The van der Waals surface area contributed by atoms with Crippen LogP contribution in [0.3, 0.4) is 0 Å². The highest BCUT2D eigenvalue weighted by Crippen LogP contribution is 2.23. The predicted octanol–water partition coefficient (Wildman–Crippen LogP) is 0.677. The first-order valence-electron chi connectivity index (χ1n) is 5.18. The minimum atomic E-state index is -0.540. The lowest BCUT2D eigenvalue weighted by atomic mass is 10.2. The van der Waals surface area contributed by atoms with Gasteiger partial charge in [0, 0.05) is 12.1 Å². The van der Waals surface area contributed by atoms with Gasteiger partial charge in [0.15, 0.2) is 5.17 Å². The lowest BCUT2D eigenvalue weighted by Crippen LogP contribution is -2.21. The van der Waals surface area contributed by atoms with Crippen LogP contribution in [-0.2, 0) is 9.59 Å². The molecule has 6 nitrogen and oxygen atoms in total. The number of anilines is 1. The molecule has 0 spiro atoms. The van der Waals surface area contributed by atoms with E-state index < -0.39 is 5.25 Å². The Morgan fingerprint density at radius 3 is 2.67 bits per heavy atom.